The Kier molecular flexibility index (Phi) is 3.37. The molecule has 1 atom stereocenters. The second-order valence-electron chi connectivity index (χ2n) is 4.99. The smallest absolute Gasteiger partial charge is 0.141 e. The van der Waals surface area contributed by atoms with Gasteiger partial charge in [-0.05, 0) is 42.5 Å². The van der Waals surface area contributed by atoms with Gasteiger partial charge in [0.1, 0.15) is 23.4 Å². The first-order valence-corrected chi connectivity index (χ1v) is 6.79. The average Bonchev–Trinajstić information content (AvgIpc) is 2.48. The van der Waals surface area contributed by atoms with Crippen LogP contribution in [0.1, 0.15) is 35.8 Å². The van der Waals surface area contributed by atoms with Crippen LogP contribution in [0, 0.1) is 5.41 Å². The summed E-state index contributed by atoms with van der Waals surface area (Å²) in [5.74, 6) is 0.691. The van der Waals surface area contributed by atoms with Gasteiger partial charge in [-0.1, -0.05) is 24.3 Å². The van der Waals surface area contributed by atoms with E-state index in [1.54, 1.807) is 12.3 Å². The Labute approximate surface area is 118 Å². The molecule has 0 fully saturated rings. The van der Waals surface area contributed by atoms with Crippen molar-refractivity contribution in [3.63, 3.8) is 0 Å². The van der Waals surface area contributed by atoms with Gasteiger partial charge in [-0.25, -0.2) is 4.98 Å². The van der Waals surface area contributed by atoms with E-state index in [4.69, 9.17) is 15.9 Å². The number of nitrogens with one attached hydrogen (secondary N) is 1. The Morgan fingerprint density at radius 3 is 2.85 bits per heavy atom. The molecule has 2 aromatic rings. The van der Waals surface area contributed by atoms with Gasteiger partial charge in [0, 0.05) is 0 Å². The van der Waals surface area contributed by atoms with Crippen molar-refractivity contribution in [3.8, 4) is 5.75 Å². The molecule has 1 heterocycles. The second kappa shape index (κ2) is 5.33. The minimum absolute atomic E-state index is 0.0282. The van der Waals surface area contributed by atoms with Crippen LogP contribution in [0.5, 0.6) is 5.75 Å². The van der Waals surface area contributed by atoms with Crippen molar-refractivity contribution in [1.29, 1.82) is 5.41 Å². The Bertz CT molecular complexity index is 622. The van der Waals surface area contributed by atoms with Crippen LogP contribution in [0.25, 0.3) is 0 Å². The predicted octanol–water partition coefficient (Wildman–Crippen LogP) is 2.82. The molecule has 0 aliphatic heterocycles. The minimum Gasteiger partial charge on any atom is -0.484 e. The van der Waals surface area contributed by atoms with Crippen molar-refractivity contribution in [2.24, 2.45) is 5.73 Å². The molecule has 1 unspecified atom stereocenters. The quantitative estimate of drug-likeness (QED) is 0.663. The molecule has 102 valence electrons. The summed E-state index contributed by atoms with van der Waals surface area (Å²) in [6.07, 6.45) is 5.00. The van der Waals surface area contributed by atoms with Gasteiger partial charge in [-0.2, -0.15) is 0 Å². The van der Waals surface area contributed by atoms with Crippen LogP contribution in [0.4, 0.5) is 0 Å². The van der Waals surface area contributed by atoms with Gasteiger partial charge in [-0.15, -0.1) is 0 Å². The van der Waals surface area contributed by atoms with E-state index in [0.29, 0.717) is 5.69 Å². The lowest BCUT2D eigenvalue weighted by molar-refractivity contribution is 0.183. The zero-order chi connectivity index (χ0) is 13.9. The molecule has 0 bridgehead atoms. The summed E-state index contributed by atoms with van der Waals surface area (Å²) in [5.41, 5.74) is 8.51. The topological polar surface area (TPSA) is 72.0 Å². The molecule has 0 amide bonds. The van der Waals surface area contributed by atoms with Crippen LogP contribution < -0.4 is 10.5 Å². The van der Waals surface area contributed by atoms with E-state index in [-0.39, 0.29) is 11.9 Å². The molecular formula is C16H17N3O. The van der Waals surface area contributed by atoms with Crippen molar-refractivity contribution in [2.75, 3.05) is 0 Å². The molecule has 0 spiro atoms. The summed E-state index contributed by atoms with van der Waals surface area (Å²) < 4.78 is 6.04. The average molecular weight is 267 g/mol. The fourth-order valence-electron chi connectivity index (χ4n) is 2.61. The normalized spacial score (nSPS) is 17.3. The molecule has 0 saturated heterocycles. The number of rotatable bonds is 3. The van der Waals surface area contributed by atoms with Gasteiger partial charge < -0.3 is 10.5 Å². The molecule has 1 aromatic carbocycles. The SMILES string of the molecule is N=C(N)c1ccc(OC2CCCc3ccccc32)cn1. The predicted molar refractivity (Wildman–Crippen MR) is 78.0 cm³/mol. The fourth-order valence-corrected chi connectivity index (χ4v) is 2.61. The molecule has 20 heavy (non-hydrogen) atoms. The number of amidine groups is 1. The van der Waals surface area contributed by atoms with Gasteiger partial charge in [0.25, 0.3) is 0 Å². The monoisotopic (exact) mass is 267 g/mol. The van der Waals surface area contributed by atoms with Gasteiger partial charge in [-0.3, -0.25) is 5.41 Å². The van der Waals surface area contributed by atoms with Gasteiger partial charge in [0.2, 0.25) is 0 Å². The number of nitrogen functional groups attached to an aromatic ring is 1. The number of pyridine rings is 1. The number of benzene rings is 1. The lowest BCUT2D eigenvalue weighted by atomic mass is 9.89. The molecule has 1 aliphatic rings. The highest BCUT2D eigenvalue weighted by Crippen LogP contribution is 2.33. The number of hydrogen-bond acceptors (Lipinski definition) is 3. The highest BCUT2D eigenvalue weighted by atomic mass is 16.5. The number of nitrogens with zero attached hydrogens (tertiary/aromatic N) is 1. The third-order valence-corrected chi connectivity index (χ3v) is 3.61. The first-order chi connectivity index (χ1) is 9.74. The fraction of sp³-hybridized carbons (Fsp3) is 0.250. The summed E-state index contributed by atoms with van der Waals surface area (Å²) in [6.45, 7) is 0. The number of aryl methyl sites for hydroxylation is 1. The maximum atomic E-state index is 7.33. The van der Waals surface area contributed by atoms with Crippen LogP contribution >= 0.6 is 0 Å². The maximum absolute atomic E-state index is 7.33. The lowest BCUT2D eigenvalue weighted by Crippen LogP contribution is -2.16. The van der Waals surface area contributed by atoms with Crippen LogP contribution in [0.15, 0.2) is 42.6 Å². The standard InChI is InChI=1S/C16H17N3O/c17-16(18)14-9-8-12(10-19-14)20-15-7-3-5-11-4-1-2-6-13(11)15/h1-2,4,6,8-10,15H,3,5,7H2,(H3,17,18). The van der Waals surface area contributed by atoms with E-state index in [9.17, 15) is 0 Å². The Morgan fingerprint density at radius 2 is 2.10 bits per heavy atom. The van der Waals surface area contributed by atoms with E-state index < -0.39 is 0 Å². The van der Waals surface area contributed by atoms with Crippen LogP contribution in [0.2, 0.25) is 0 Å². The molecule has 3 rings (SSSR count). The first-order valence-electron chi connectivity index (χ1n) is 6.79. The zero-order valence-electron chi connectivity index (χ0n) is 11.2. The summed E-state index contributed by atoms with van der Waals surface area (Å²) in [7, 11) is 0. The van der Waals surface area contributed by atoms with Gasteiger partial charge in [0.05, 0.1) is 6.20 Å². The molecule has 0 radical (unpaired) electrons. The molecule has 4 nitrogen and oxygen atoms in total. The Hall–Kier alpha value is -2.36. The highest BCUT2D eigenvalue weighted by molar-refractivity contribution is 5.92. The Balaban J connectivity index is 1.80. The van der Waals surface area contributed by atoms with E-state index in [0.717, 1.165) is 25.0 Å². The number of nitrogens with two attached hydrogens (primary N) is 1. The number of ether oxygens (including phenoxy) is 1. The van der Waals surface area contributed by atoms with Crippen molar-refractivity contribution in [3.05, 3.63) is 59.4 Å². The van der Waals surface area contributed by atoms with Crippen LogP contribution in [-0.4, -0.2) is 10.8 Å². The van der Waals surface area contributed by atoms with Crippen LogP contribution in [0.3, 0.4) is 0 Å². The van der Waals surface area contributed by atoms with Crippen LogP contribution in [-0.2, 0) is 6.42 Å². The van der Waals surface area contributed by atoms with E-state index in [1.807, 2.05) is 6.07 Å². The third kappa shape index (κ3) is 2.50. The second-order valence-corrected chi connectivity index (χ2v) is 4.99. The van der Waals surface area contributed by atoms with Crippen molar-refractivity contribution in [1.82, 2.24) is 4.98 Å². The summed E-state index contributed by atoms with van der Waals surface area (Å²) in [5, 5.41) is 7.33. The molecule has 0 saturated carbocycles. The number of hydrogen-bond donors (Lipinski definition) is 2. The summed E-state index contributed by atoms with van der Waals surface area (Å²) >= 11 is 0. The first kappa shape index (κ1) is 12.7. The molecule has 1 aromatic heterocycles. The van der Waals surface area contributed by atoms with E-state index >= 15 is 0 Å². The van der Waals surface area contributed by atoms with E-state index in [2.05, 4.69) is 29.2 Å². The zero-order valence-corrected chi connectivity index (χ0v) is 11.2. The third-order valence-electron chi connectivity index (χ3n) is 3.61. The summed E-state index contributed by atoms with van der Waals surface area (Å²) in [6, 6.07) is 12.0. The lowest BCUT2D eigenvalue weighted by Gasteiger charge is -2.26. The molecule has 3 N–H and O–H groups in total. The van der Waals surface area contributed by atoms with Crippen molar-refractivity contribution < 1.29 is 4.74 Å². The Morgan fingerprint density at radius 1 is 1.25 bits per heavy atom. The largest absolute Gasteiger partial charge is 0.484 e. The van der Waals surface area contributed by atoms with Gasteiger partial charge in [0.15, 0.2) is 0 Å². The number of aromatic nitrogens is 1. The molecule has 1 aliphatic carbocycles. The van der Waals surface area contributed by atoms with Crippen molar-refractivity contribution in [2.45, 2.75) is 25.4 Å². The minimum atomic E-state index is -0.0282. The molecule has 4 heteroatoms. The highest BCUT2D eigenvalue weighted by Gasteiger charge is 2.21. The molecular weight excluding hydrogens is 250 g/mol. The number of fused-ring (bicyclic) bond motifs is 1. The summed E-state index contributed by atoms with van der Waals surface area (Å²) in [4.78, 5) is 4.13. The maximum Gasteiger partial charge on any atom is 0.141 e. The van der Waals surface area contributed by atoms with Crippen molar-refractivity contribution >= 4 is 5.84 Å². The van der Waals surface area contributed by atoms with E-state index in [1.165, 1.54) is 11.1 Å². The van der Waals surface area contributed by atoms with Gasteiger partial charge >= 0.3 is 0 Å².